The van der Waals surface area contributed by atoms with E-state index in [1.807, 2.05) is 6.07 Å². The summed E-state index contributed by atoms with van der Waals surface area (Å²) in [5.74, 6) is 0.646. The summed E-state index contributed by atoms with van der Waals surface area (Å²) in [7, 11) is 0. The molecule has 8 nitrogen and oxygen atoms in total. The van der Waals surface area contributed by atoms with Crippen molar-refractivity contribution in [3.05, 3.63) is 34.4 Å². The molecule has 0 saturated carbocycles. The molecule has 0 aliphatic rings. The number of H-pyrrole nitrogens is 1. The van der Waals surface area contributed by atoms with Crippen molar-refractivity contribution in [2.24, 2.45) is 0 Å². The average Bonchev–Trinajstić information content (AvgIpc) is 3.33. The number of carbonyl (C=O) groups is 2. The second kappa shape index (κ2) is 7.55. The third-order valence-electron chi connectivity index (χ3n) is 3.38. The van der Waals surface area contributed by atoms with Gasteiger partial charge in [-0.25, -0.2) is 0 Å². The highest BCUT2D eigenvalue weighted by Gasteiger charge is 2.19. The smallest absolute Gasteiger partial charge is 0.235 e. The first-order chi connectivity index (χ1) is 12.5. The van der Waals surface area contributed by atoms with Gasteiger partial charge in [0.05, 0.1) is 22.5 Å². The van der Waals surface area contributed by atoms with Crippen molar-refractivity contribution in [1.82, 2.24) is 15.2 Å². The number of thiophene rings is 1. The lowest BCUT2D eigenvalue weighted by atomic mass is 10.1. The summed E-state index contributed by atoms with van der Waals surface area (Å²) in [6, 6.07) is 5.52. The molecule has 0 fully saturated rings. The molecular weight excluding hydrogens is 374 g/mol. The molecule has 0 aromatic carbocycles. The monoisotopic (exact) mass is 387 g/mol. The minimum Gasteiger partial charge on any atom is -0.461 e. The molecule has 3 aromatic heterocycles. The van der Waals surface area contributed by atoms with Crippen LogP contribution in [0.3, 0.4) is 0 Å². The number of thioether (sulfide) groups is 1. The third-order valence-corrected chi connectivity index (χ3v) is 5.54. The Bertz CT molecular complexity index is 998. The fourth-order valence-electron chi connectivity index (χ4n) is 2.20. The summed E-state index contributed by atoms with van der Waals surface area (Å²) >= 11 is 2.25. The van der Waals surface area contributed by atoms with Gasteiger partial charge in [0.15, 0.2) is 17.4 Å². The standard InChI is InChI=1S/C16H13N5O3S2/c1-8-10(6-17)15(26-13(8)9(2)22)18-12(23)7-25-16-19-14(20-21-16)11-4-3-5-24-11/h3-5H,7H2,1-2H3,(H,18,23)(H,19,20,21). The van der Waals surface area contributed by atoms with Crippen LogP contribution in [0.4, 0.5) is 5.00 Å². The predicted octanol–water partition coefficient (Wildman–Crippen LogP) is 3.24. The first-order valence-corrected chi connectivity index (χ1v) is 9.23. The number of anilines is 1. The number of Topliss-reactive ketones (excluding diaryl/α,β-unsaturated/α-hetero) is 1. The zero-order chi connectivity index (χ0) is 18.7. The summed E-state index contributed by atoms with van der Waals surface area (Å²) in [5.41, 5.74) is 0.904. The van der Waals surface area contributed by atoms with Crippen LogP contribution in [0.1, 0.15) is 27.7 Å². The van der Waals surface area contributed by atoms with E-state index in [0.29, 0.717) is 37.7 Å². The normalized spacial score (nSPS) is 10.5. The largest absolute Gasteiger partial charge is 0.461 e. The maximum atomic E-state index is 12.2. The van der Waals surface area contributed by atoms with E-state index >= 15 is 0 Å². The zero-order valence-electron chi connectivity index (χ0n) is 13.8. The van der Waals surface area contributed by atoms with Crippen molar-refractivity contribution in [3.63, 3.8) is 0 Å². The van der Waals surface area contributed by atoms with Gasteiger partial charge in [-0.05, 0) is 31.5 Å². The summed E-state index contributed by atoms with van der Waals surface area (Å²) in [5, 5.41) is 19.5. The molecule has 0 atom stereocenters. The van der Waals surface area contributed by atoms with Crippen LogP contribution in [-0.4, -0.2) is 32.6 Å². The number of nitrogens with one attached hydrogen (secondary N) is 2. The van der Waals surface area contributed by atoms with Crippen molar-refractivity contribution in [2.75, 3.05) is 11.1 Å². The van der Waals surface area contributed by atoms with Crippen LogP contribution < -0.4 is 5.32 Å². The lowest BCUT2D eigenvalue weighted by Crippen LogP contribution is -2.14. The molecule has 0 radical (unpaired) electrons. The van der Waals surface area contributed by atoms with Crippen LogP contribution in [0.25, 0.3) is 11.6 Å². The highest BCUT2D eigenvalue weighted by atomic mass is 32.2. The molecule has 0 saturated heterocycles. The van der Waals surface area contributed by atoms with Gasteiger partial charge in [0, 0.05) is 0 Å². The Morgan fingerprint density at radius 1 is 1.50 bits per heavy atom. The summed E-state index contributed by atoms with van der Waals surface area (Å²) in [4.78, 5) is 28.5. The number of rotatable bonds is 6. The minimum absolute atomic E-state index is 0.0622. The van der Waals surface area contributed by atoms with Crippen LogP contribution in [0, 0.1) is 18.3 Å². The Morgan fingerprint density at radius 2 is 2.31 bits per heavy atom. The number of carbonyl (C=O) groups excluding carboxylic acids is 2. The summed E-state index contributed by atoms with van der Waals surface area (Å²) in [6.07, 6.45) is 1.53. The van der Waals surface area contributed by atoms with E-state index in [1.54, 1.807) is 19.1 Å². The van der Waals surface area contributed by atoms with Crippen LogP contribution >= 0.6 is 23.1 Å². The van der Waals surface area contributed by atoms with Crippen molar-refractivity contribution >= 4 is 39.8 Å². The molecule has 3 aromatic rings. The number of furan rings is 1. The number of hydrogen-bond donors (Lipinski definition) is 2. The number of nitriles is 1. The van der Waals surface area contributed by atoms with Gasteiger partial charge >= 0.3 is 0 Å². The lowest BCUT2D eigenvalue weighted by molar-refractivity contribution is -0.113. The minimum atomic E-state index is -0.313. The SMILES string of the molecule is CC(=O)c1sc(NC(=O)CSc2n[nH]c(-c3ccco3)n2)c(C#N)c1C. The van der Waals surface area contributed by atoms with Crippen LogP contribution in [-0.2, 0) is 4.79 Å². The first-order valence-electron chi connectivity index (χ1n) is 7.43. The number of hydrogen-bond acceptors (Lipinski definition) is 8. The molecule has 26 heavy (non-hydrogen) atoms. The zero-order valence-corrected chi connectivity index (χ0v) is 15.5. The van der Waals surface area contributed by atoms with E-state index in [9.17, 15) is 14.9 Å². The Labute approximate surface area is 156 Å². The molecule has 10 heteroatoms. The first kappa shape index (κ1) is 17.9. The number of aromatic amines is 1. The average molecular weight is 387 g/mol. The Balaban J connectivity index is 1.64. The van der Waals surface area contributed by atoms with E-state index in [1.165, 1.54) is 13.2 Å². The number of ketones is 1. The summed E-state index contributed by atoms with van der Waals surface area (Å²) in [6.45, 7) is 3.13. The predicted molar refractivity (Wildman–Crippen MR) is 97.2 cm³/mol. The van der Waals surface area contributed by atoms with E-state index in [0.717, 1.165) is 23.1 Å². The van der Waals surface area contributed by atoms with Crippen molar-refractivity contribution < 1.29 is 14.0 Å². The van der Waals surface area contributed by atoms with Gasteiger partial charge in [0.2, 0.25) is 11.1 Å². The second-order valence-electron chi connectivity index (χ2n) is 5.21. The molecule has 1 amide bonds. The second-order valence-corrected chi connectivity index (χ2v) is 7.17. The molecule has 0 aliphatic carbocycles. The maximum Gasteiger partial charge on any atom is 0.235 e. The molecule has 0 unspecified atom stereocenters. The Morgan fingerprint density at radius 3 is 2.96 bits per heavy atom. The fourth-order valence-corrected chi connectivity index (χ4v) is 3.87. The van der Waals surface area contributed by atoms with Gasteiger partial charge in [-0.15, -0.1) is 16.4 Å². The van der Waals surface area contributed by atoms with Crippen LogP contribution in [0.2, 0.25) is 0 Å². The van der Waals surface area contributed by atoms with Gasteiger partial charge in [-0.2, -0.15) is 10.2 Å². The number of aromatic nitrogens is 3. The molecule has 132 valence electrons. The highest BCUT2D eigenvalue weighted by Crippen LogP contribution is 2.33. The van der Waals surface area contributed by atoms with Gasteiger partial charge in [0.25, 0.3) is 0 Å². The lowest BCUT2D eigenvalue weighted by Gasteiger charge is -2.01. The molecule has 2 N–H and O–H groups in total. The van der Waals surface area contributed by atoms with E-state index in [-0.39, 0.29) is 17.4 Å². The molecule has 0 aliphatic heterocycles. The van der Waals surface area contributed by atoms with E-state index < -0.39 is 0 Å². The van der Waals surface area contributed by atoms with Gasteiger partial charge < -0.3 is 9.73 Å². The Kier molecular flexibility index (Phi) is 5.20. The third kappa shape index (κ3) is 3.68. The van der Waals surface area contributed by atoms with Crippen molar-refractivity contribution in [3.8, 4) is 17.7 Å². The van der Waals surface area contributed by atoms with Crippen LogP contribution in [0.5, 0.6) is 0 Å². The molecular formula is C16H13N5O3S2. The van der Waals surface area contributed by atoms with E-state index in [4.69, 9.17) is 4.42 Å². The molecule has 0 bridgehead atoms. The topological polar surface area (TPSA) is 125 Å². The van der Waals surface area contributed by atoms with Crippen LogP contribution in [0.15, 0.2) is 28.0 Å². The van der Waals surface area contributed by atoms with E-state index in [2.05, 4.69) is 20.5 Å². The van der Waals surface area contributed by atoms with Crippen molar-refractivity contribution in [1.29, 1.82) is 5.26 Å². The van der Waals surface area contributed by atoms with Gasteiger partial charge in [-0.3, -0.25) is 14.7 Å². The number of amides is 1. The highest BCUT2D eigenvalue weighted by molar-refractivity contribution is 7.99. The number of nitrogens with zero attached hydrogens (tertiary/aromatic N) is 3. The quantitative estimate of drug-likeness (QED) is 0.491. The van der Waals surface area contributed by atoms with Gasteiger partial charge in [-0.1, -0.05) is 11.8 Å². The van der Waals surface area contributed by atoms with Crippen molar-refractivity contribution in [2.45, 2.75) is 19.0 Å². The molecule has 3 heterocycles. The maximum absolute atomic E-state index is 12.2. The molecule has 0 spiro atoms. The summed E-state index contributed by atoms with van der Waals surface area (Å²) < 4.78 is 5.22. The molecule has 3 rings (SSSR count). The van der Waals surface area contributed by atoms with Gasteiger partial charge in [0.1, 0.15) is 11.1 Å². The Hall–Kier alpha value is -2.90. The fraction of sp³-hybridized carbons (Fsp3) is 0.188.